The van der Waals surface area contributed by atoms with Gasteiger partial charge >= 0.3 is 18.1 Å². The first kappa shape index (κ1) is 34.1. The molecule has 45 heavy (non-hydrogen) atoms. The SMILES string of the molecule is C=CC(=O)OCCCCCOc1ccc(C#Cc2ccc(C#Cc3ccc(OCCOC(=O)C=C)cc3)c(C(F)(F)F)c2)cc1. The van der Waals surface area contributed by atoms with E-state index in [9.17, 15) is 22.8 Å². The Kier molecular flexibility index (Phi) is 13.4. The summed E-state index contributed by atoms with van der Waals surface area (Å²) in [6.07, 6.45) is -0.0952. The summed E-state index contributed by atoms with van der Waals surface area (Å²) >= 11 is 0. The minimum absolute atomic E-state index is 0.0511. The van der Waals surface area contributed by atoms with Crippen LogP contribution in [0.25, 0.3) is 0 Å². The van der Waals surface area contributed by atoms with Crippen molar-refractivity contribution in [2.24, 2.45) is 0 Å². The smallest absolute Gasteiger partial charge is 0.417 e. The number of alkyl halides is 3. The number of carbonyl (C=O) groups excluding carboxylic acids is 2. The van der Waals surface area contributed by atoms with Crippen molar-refractivity contribution < 1.29 is 41.7 Å². The average molecular weight is 617 g/mol. The van der Waals surface area contributed by atoms with Crippen molar-refractivity contribution in [3.8, 4) is 35.2 Å². The van der Waals surface area contributed by atoms with Crippen molar-refractivity contribution in [1.29, 1.82) is 0 Å². The number of unbranched alkanes of at least 4 members (excludes halogenated alkanes) is 2. The highest BCUT2D eigenvalue weighted by Gasteiger charge is 2.33. The van der Waals surface area contributed by atoms with Gasteiger partial charge in [0.1, 0.15) is 24.7 Å². The van der Waals surface area contributed by atoms with Crippen LogP contribution in [-0.4, -0.2) is 38.4 Å². The largest absolute Gasteiger partial charge is 0.494 e. The number of hydrogen-bond acceptors (Lipinski definition) is 6. The number of halogens is 3. The molecule has 0 atom stereocenters. The van der Waals surface area contributed by atoms with Crippen molar-refractivity contribution in [3.63, 3.8) is 0 Å². The molecule has 0 saturated carbocycles. The summed E-state index contributed by atoms with van der Waals surface area (Å²) in [5, 5.41) is 0. The van der Waals surface area contributed by atoms with E-state index in [1.165, 1.54) is 12.1 Å². The zero-order chi connectivity index (χ0) is 32.5. The van der Waals surface area contributed by atoms with Gasteiger partial charge in [0.2, 0.25) is 0 Å². The Balaban J connectivity index is 1.57. The van der Waals surface area contributed by atoms with E-state index in [1.54, 1.807) is 48.5 Å². The Hall–Kier alpha value is -5.41. The van der Waals surface area contributed by atoms with Crippen molar-refractivity contribution >= 4 is 11.9 Å². The predicted octanol–water partition coefficient (Wildman–Crippen LogP) is 6.89. The second kappa shape index (κ2) is 17.6. The maximum absolute atomic E-state index is 13.9. The van der Waals surface area contributed by atoms with E-state index in [0.717, 1.165) is 37.5 Å². The zero-order valence-corrected chi connectivity index (χ0v) is 24.5. The molecule has 0 radical (unpaired) electrons. The number of benzene rings is 3. The van der Waals surface area contributed by atoms with Crippen LogP contribution in [0.3, 0.4) is 0 Å². The van der Waals surface area contributed by atoms with E-state index < -0.39 is 23.7 Å². The first-order valence-electron chi connectivity index (χ1n) is 14.0. The van der Waals surface area contributed by atoms with Crippen LogP contribution in [0.15, 0.2) is 92.0 Å². The van der Waals surface area contributed by atoms with Crippen molar-refractivity contribution in [2.45, 2.75) is 25.4 Å². The van der Waals surface area contributed by atoms with Gasteiger partial charge in [-0.1, -0.05) is 36.8 Å². The van der Waals surface area contributed by atoms with E-state index in [1.807, 2.05) is 0 Å². The number of esters is 2. The molecule has 0 amide bonds. The summed E-state index contributed by atoms with van der Waals surface area (Å²) in [7, 11) is 0. The lowest BCUT2D eigenvalue weighted by molar-refractivity contribution is -0.139. The van der Waals surface area contributed by atoms with E-state index in [2.05, 4.69) is 36.8 Å². The number of ether oxygens (including phenoxy) is 4. The third-order valence-corrected chi connectivity index (χ3v) is 5.96. The van der Waals surface area contributed by atoms with Crippen LogP contribution >= 0.6 is 0 Å². The monoisotopic (exact) mass is 616 g/mol. The van der Waals surface area contributed by atoms with E-state index in [4.69, 9.17) is 18.9 Å². The zero-order valence-electron chi connectivity index (χ0n) is 24.5. The fraction of sp³-hybridized carbons (Fsp3) is 0.222. The molecule has 0 aliphatic heterocycles. The summed E-state index contributed by atoms with van der Waals surface area (Å²) in [5.74, 6) is 11.2. The Morgan fingerprint density at radius 3 is 1.69 bits per heavy atom. The lowest BCUT2D eigenvalue weighted by Gasteiger charge is -2.09. The number of carbonyl (C=O) groups is 2. The van der Waals surface area contributed by atoms with Gasteiger partial charge in [-0.2, -0.15) is 13.2 Å². The fourth-order valence-corrected chi connectivity index (χ4v) is 3.68. The average Bonchev–Trinajstić information content (AvgIpc) is 3.04. The molecular formula is C36H31F3O6. The van der Waals surface area contributed by atoms with E-state index in [0.29, 0.717) is 35.8 Å². The molecule has 0 aromatic heterocycles. The lowest BCUT2D eigenvalue weighted by atomic mass is 10.0. The molecule has 0 fully saturated rings. The topological polar surface area (TPSA) is 71.1 Å². The van der Waals surface area contributed by atoms with Crippen molar-refractivity contribution in [3.05, 3.63) is 120 Å². The second-order valence-electron chi connectivity index (χ2n) is 9.31. The van der Waals surface area contributed by atoms with Gasteiger partial charge in [0, 0.05) is 34.4 Å². The van der Waals surface area contributed by atoms with Crippen LogP contribution < -0.4 is 9.47 Å². The molecule has 0 aliphatic rings. The van der Waals surface area contributed by atoms with Gasteiger partial charge in [-0.3, -0.25) is 0 Å². The summed E-state index contributed by atoms with van der Waals surface area (Å²) in [5.41, 5.74) is 0.271. The Labute approximate surface area is 260 Å². The summed E-state index contributed by atoms with van der Waals surface area (Å²) in [4.78, 5) is 22.0. The van der Waals surface area contributed by atoms with Crippen molar-refractivity contribution in [1.82, 2.24) is 0 Å². The molecule has 0 aliphatic carbocycles. The fourth-order valence-electron chi connectivity index (χ4n) is 3.68. The van der Waals surface area contributed by atoms with Crippen LogP contribution in [0, 0.1) is 23.7 Å². The van der Waals surface area contributed by atoms with Gasteiger partial charge in [0.15, 0.2) is 0 Å². The second-order valence-corrected chi connectivity index (χ2v) is 9.31. The first-order valence-corrected chi connectivity index (χ1v) is 14.0. The van der Waals surface area contributed by atoms with Gasteiger partial charge in [-0.15, -0.1) is 0 Å². The third-order valence-electron chi connectivity index (χ3n) is 5.96. The Morgan fingerprint density at radius 1 is 0.622 bits per heavy atom. The molecule has 6 nitrogen and oxygen atoms in total. The van der Waals surface area contributed by atoms with Crippen molar-refractivity contribution in [2.75, 3.05) is 26.4 Å². The molecule has 0 N–H and O–H groups in total. The normalized spacial score (nSPS) is 10.3. The minimum atomic E-state index is -4.62. The highest BCUT2D eigenvalue weighted by Crippen LogP contribution is 2.32. The Morgan fingerprint density at radius 2 is 1.11 bits per heavy atom. The molecule has 3 aromatic rings. The highest BCUT2D eigenvalue weighted by molar-refractivity contribution is 5.81. The van der Waals surface area contributed by atoms with Gasteiger partial charge < -0.3 is 18.9 Å². The maximum atomic E-state index is 13.9. The van der Waals surface area contributed by atoms with Crippen LogP contribution in [0.1, 0.15) is 47.1 Å². The summed E-state index contributed by atoms with van der Waals surface area (Å²) < 4.78 is 62.5. The van der Waals surface area contributed by atoms with Crippen LogP contribution in [0.4, 0.5) is 13.2 Å². The van der Waals surface area contributed by atoms with Crippen LogP contribution in [-0.2, 0) is 25.2 Å². The molecule has 3 rings (SSSR count). The molecule has 0 bridgehead atoms. The van der Waals surface area contributed by atoms with Crippen LogP contribution in [0.5, 0.6) is 11.5 Å². The maximum Gasteiger partial charge on any atom is 0.417 e. The van der Waals surface area contributed by atoms with E-state index >= 15 is 0 Å². The Bertz CT molecular complexity index is 1580. The predicted molar refractivity (Wildman–Crippen MR) is 163 cm³/mol. The summed E-state index contributed by atoms with van der Waals surface area (Å²) in [6, 6.07) is 17.2. The van der Waals surface area contributed by atoms with Gasteiger partial charge in [0.25, 0.3) is 0 Å². The van der Waals surface area contributed by atoms with Gasteiger partial charge in [-0.25, -0.2) is 9.59 Å². The molecule has 0 saturated heterocycles. The molecule has 3 aromatic carbocycles. The van der Waals surface area contributed by atoms with E-state index in [-0.39, 0.29) is 24.3 Å². The molecule has 9 heteroatoms. The summed E-state index contributed by atoms with van der Waals surface area (Å²) in [6.45, 7) is 7.65. The quantitative estimate of drug-likeness (QED) is 0.0902. The molecular weight excluding hydrogens is 585 g/mol. The molecule has 0 unspecified atom stereocenters. The molecule has 232 valence electrons. The lowest BCUT2D eigenvalue weighted by Crippen LogP contribution is -2.10. The standard InChI is InChI=1S/C36H31F3O6/c1-3-34(40)44-23-7-5-6-22-42-31-18-12-27(13-19-31)8-9-29-11-17-30(33(26-29)36(37,38)39)16-10-28-14-20-32(21-15-28)43-24-25-45-35(41)4-2/h3-4,11-15,17-21,26H,1-2,5-7,22-25H2. The minimum Gasteiger partial charge on any atom is -0.494 e. The molecule has 0 spiro atoms. The first-order chi connectivity index (χ1) is 21.7. The van der Waals surface area contributed by atoms with Crippen LogP contribution in [0.2, 0.25) is 0 Å². The third kappa shape index (κ3) is 12.4. The van der Waals surface area contributed by atoms with Gasteiger partial charge in [-0.05, 0) is 86.0 Å². The molecule has 0 heterocycles. The highest BCUT2D eigenvalue weighted by atomic mass is 19.4. The number of hydrogen-bond donors (Lipinski definition) is 0. The van der Waals surface area contributed by atoms with Gasteiger partial charge in [0.05, 0.1) is 18.8 Å². The number of rotatable bonds is 13.